The Balaban J connectivity index is 2.66. The van der Waals surface area contributed by atoms with Crippen LogP contribution in [-0.4, -0.2) is 30.1 Å². The number of carboxylic acids is 1. The molecular formula is C15H22N2O4. The van der Waals surface area contributed by atoms with Gasteiger partial charge in [-0.15, -0.1) is 0 Å². The fraction of sp³-hybridized carbons (Fsp3) is 0.467. The Kier molecular flexibility index (Phi) is 6.68. The molecule has 1 rings (SSSR count). The second kappa shape index (κ2) is 8.26. The number of carbonyl (C=O) groups is 2. The molecule has 1 atom stereocenters. The zero-order chi connectivity index (χ0) is 15.8. The number of carboxylic acid groups (broad SMARTS) is 1. The summed E-state index contributed by atoms with van der Waals surface area (Å²) in [6, 6.07) is 6.62. The van der Waals surface area contributed by atoms with Crippen LogP contribution in [0.1, 0.15) is 20.3 Å². The van der Waals surface area contributed by atoms with Gasteiger partial charge in [-0.25, -0.2) is 4.79 Å². The Labute approximate surface area is 124 Å². The van der Waals surface area contributed by atoms with E-state index in [1.54, 1.807) is 24.3 Å². The van der Waals surface area contributed by atoms with E-state index in [-0.39, 0.29) is 11.8 Å². The fourth-order valence-corrected chi connectivity index (χ4v) is 1.93. The standard InChI is InChI=1S/C15H22N2O4/c1-10(2)6-11(8-16)15(20)17-12-4-3-5-13(7-12)21-9-14(18)19/h3-5,7,10-11H,6,8-9,16H2,1-2H3,(H,17,20)(H,18,19). The van der Waals surface area contributed by atoms with Gasteiger partial charge in [0, 0.05) is 18.3 Å². The van der Waals surface area contributed by atoms with E-state index in [4.69, 9.17) is 15.6 Å². The zero-order valence-electron chi connectivity index (χ0n) is 12.3. The summed E-state index contributed by atoms with van der Waals surface area (Å²) in [5.41, 5.74) is 6.20. The smallest absolute Gasteiger partial charge is 0.341 e. The average molecular weight is 294 g/mol. The van der Waals surface area contributed by atoms with Crippen molar-refractivity contribution in [3.8, 4) is 5.75 Å². The van der Waals surface area contributed by atoms with Crippen LogP contribution in [0.15, 0.2) is 24.3 Å². The molecule has 0 aliphatic carbocycles. The molecule has 1 unspecified atom stereocenters. The number of nitrogens with two attached hydrogens (primary N) is 1. The fourth-order valence-electron chi connectivity index (χ4n) is 1.93. The van der Waals surface area contributed by atoms with Crippen LogP contribution in [0.3, 0.4) is 0 Å². The van der Waals surface area contributed by atoms with Gasteiger partial charge >= 0.3 is 5.97 Å². The SMILES string of the molecule is CC(C)CC(CN)C(=O)Nc1cccc(OCC(=O)O)c1. The van der Waals surface area contributed by atoms with Crippen molar-refractivity contribution in [1.82, 2.24) is 0 Å². The van der Waals surface area contributed by atoms with Crippen LogP contribution in [0, 0.1) is 11.8 Å². The molecule has 1 amide bonds. The van der Waals surface area contributed by atoms with Crippen molar-refractivity contribution >= 4 is 17.6 Å². The second-order valence-electron chi connectivity index (χ2n) is 5.26. The summed E-state index contributed by atoms with van der Waals surface area (Å²) in [5, 5.41) is 11.3. The molecule has 6 heteroatoms. The first kappa shape index (κ1) is 17.0. The quantitative estimate of drug-likeness (QED) is 0.677. The average Bonchev–Trinajstić information content (AvgIpc) is 2.42. The zero-order valence-corrected chi connectivity index (χ0v) is 12.3. The monoisotopic (exact) mass is 294 g/mol. The summed E-state index contributed by atoms with van der Waals surface area (Å²) in [6.45, 7) is 3.95. The maximum absolute atomic E-state index is 12.1. The molecule has 0 aliphatic heterocycles. The van der Waals surface area contributed by atoms with Gasteiger partial charge in [0.25, 0.3) is 0 Å². The molecule has 0 saturated carbocycles. The minimum Gasteiger partial charge on any atom is -0.482 e. The van der Waals surface area contributed by atoms with Crippen LogP contribution >= 0.6 is 0 Å². The highest BCUT2D eigenvalue weighted by molar-refractivity contribution is 5.92. The summed E-state index contributed by atoms with van der Waals surface area (Å²) >= 11 is 0. The second-order valence-corrected chi connectivity index (χ2v) is 5.26. The van der Waals surface area contributed by atoms with Crippen molar-refractivity contribution in [3.63, 3.8) is 0 Å². The number of aliphatic carboxylic acids is 1. The van der Waals surface area contributed by atoms with Crippen LogP contribution in [0.4, 0.5) is 5.69 Å². The van der Waals surface area contributed by atoms with Gasteiger partial charge in [0.2, 0.25) is 5.91 Å². The Hall–Kier alpha value is -2.08. The van der Waals surface area contributed by atoms with Crippen LogP contribution in [0.2, 0.25) is 0 Å². The molecule has 0 fully saturated rings. The van der Waals surface area contributed by atoms with E-state index in [0.29, 0.717) is 23.9 Å². The first-order valence-corrected chi connectivity index (χ1v) is 6.88. The third-order valence-corrected chi connectivity index (χ3v) is 2.88. The summed E-state index contributed by atoms with van der Waals surface area (Å²) in [6.07, 6.45) is 0.720. The van der Waals surface area contributed by atoms with E-state index < -0.39 is 12.6 Å². The summed E-state index contributed by atoms with van der Waals surface area (Å²) in [5.74, 6) is -0.655. The van der Waals surface area contributed by atoms with Crippen LogP contribution in [0.5, 0.6) is 5.75 Å². The first-order valence-electron chi connectivity index (χ1n) is 6.88. The molecule has 0 radical (unpaired) electrons. The lowest BCUT2D eigenvalue weighted by Gasteiger charge is -2.17. The van der Waals surface area contributed by atoms with Gasteiger partial charge in [0.05, 0.1) is 5.92 Å². The van der Waals surface area contributed by atoms with Crippen molar-refractivity contribution < 1.29 is 19.4 Å². The lowest BCUT2D eigenvalue weighted by atomic mass is 9.96. The van der Waals surface area contributed by atoms with Crippen molar-refractivity contribution in [2.24, 2.45) is 17.6 Å². The van der Waals surface area contributed by atoms with Crippen molar-refractivity contribution in [1.29, 1.82) is 0 Å². The van der Waals surface area contributed by atoms with Crippen LogP contribution in [-0.2, 0) is 9.59 Å². The maximum atomic E-state index is 12.1. The lowest BCUT2D eigenvalue weighted by Crippen LogP contribution is -2.30. The summed E-state index contributed by atoms with van der Waals surface area (Å²) in [4.78, 5) is 22.6. The highest BCUT2D eigenvalue weighted by Gasteiger charge is 2.18. The lowest BCUT2D eigenvalue weighted by molar-refractivity contribution is -0.139. The van der Waals surface area contributed by atoms with Gasteiger partial charge in [-0.05, 0) is 24.5 Å². The number of hydrogen-bond donors (Lipinski definition) is 3. The topological polar surface area (TPSA) is 102 Å². The predicted octanol–water partition coefficient (Wildman–Crippen LogP) is 1.71. The van der Waals surface area contributed by atoms with E-state index in [1.807, 2.05) is 13.8 Å². The van der Waals surface area contributed by atoms with E-state index in [1.165, 1.54) is 0 Å². The van der Waals surface area contributed by atoms with Gasteiger partial charge in [-0.1, -0.05) is 19.9 Å². The molecular weight excluding hydrogens is 272 g/mol. The molecule has 116 valence electrons. The van der Waals surface area contributed by atoms with Gasteiger partial charge in [0.1, 0.15) is 5.75 Å². The van der Waals surface area contributed by atoms with Crippen LogP contribution in [0.25, 0.3) is 0 Å². The largest absolute Gasteiger partial charge is 0.482 e. The first-order chi connectivity index (χ1) is 9.92. The summed E-state index contributed by atoms with van der Waals surface area (Å²) in [7, 11) is 0. The Bertz CT molecular complexity index is 488. The van der Waals surface area contributed by atoms with Gasteiger partial charge in [-0.2, -0.15) is 0 Å². The normalized spacial score (nSPS) is 12.0. The number of benzene rings is 1. The minimum atomic E-state index is -1.05. The molecule has 0 aromatic heterocycles. The predicted molar refractivity (Wildman–Crippen MR) is 80.2 cm³/mol. The Morgan fingerprint density at radius 1 is 1.38 bits per heavy atom. The Morgan fingerprint density at radius 3 is 2.67 bits per heavy atom. The maximum Gasteiger partial charge on any atom is 0.341 e. The van der Waals surface area contributed by atoms with Gasteiger partial charge in [-0.3, -0.25) is 4.79 Å². The molecule has 1 aromatic rings. The Morgan fingerprint density at radius 2 is 2.10 bits per heavy atom. The third-order valence-electron chi connectivity index (χ3n) is 2.88. The van der Waals surface area contributed by atoms with Crippen molar-refractivity contribution in [3.05, 3.63) is 24.3 Å². The molecule has 21 heavy (non-hydrogen) atoms. The van der Waals surface area contributed by atoms with Crippen molar-refractivity contribution in [2.45, 2.75) is 20.3 Å². The van der Waals surface area contributed by atoms with Gasteiger partial charge < -0.3 is 20.9 Å². The molecule has 0 heterocycles. The van der Waals surface area contributed by atoms with Crippen LogP contribution < -0.4 is 15.8 Å². The number of anilines is 1. The minimum absolute atomic E-state index is 0.137. The molecule has 0 bridgehead atoms. The van der Waals surface area contributed by atoms with E-state index in [9.17, 15) is 9.59 Å². The number of carbonyl (C=O) groups excluding carboxylic acids is 1. The van der Waals surface area contributed by atoms with Gasteiger partial charge in [0.15, 0.2) is 6.61 Å². The summed E-state index contributed by atoms with van der Waals surface area (Å²) < 4.78 is 5.07. The highest BCUT2D eigenvalue weighted by atomic mass is 16.5. The number of rotatable bonds is 8. The van der Waals surface area contributed by atoms with Crippen molar-refractivity contribution in [2.75, 3.05) is 18.5 Å². The number of hydrogen-bond acceptors (Lipinski definition) is 4. The number of nitrogens with one attached hydrogen (secondary N) is 1. The molecule has 4 N–H and O–H groups in total. The van der Waals surface area contributed by atoms with E-state index >= 15 is 0 Å². The van der Waals surface area contributed by atoms with E-state index in [2.05, 4.69) is 5.32 Å². The number of amides is 1. The van der Waals surface area contributed by atoms with E-state index in [0.717, 1.165) is 6.42 Å². The highest BCUT2D eigenvalue weighted by Crippen LogP contribution is 2.19. The molecule has 0 aliphatic rings. The molecule has 1 aromatic carbocycles. The third kappa shape index (κ3) is 6.27. The number of ether oxygens (including phenoxy) is 1. The molecule has 6 nitrogen and oxygen atoms in total. The molecule has 0 spiro atoms. The molecule has 0 saturated heterocycles.